The molecule has 1 amide bonds. The predicted octanol–water partition coefficient (Wildman–Crippen LogP) is 0.951. The molecular weight excluding hydrogens is 238 g/mol. The summed E-state index contributed by atoms with van der Waals surface area (Å²) in [7, 11) is 0. The number of nitrogen functional groups attached to an aromatic ring is 1. The number of rotatable bonds is 5. The van der Waals surface area contributed by atoms with Crippen LogP contribution >= 0.6 is 11.3 Å². The average Bonchev–Trinajstić information content (AvgIpc) is 2.71. The van der Waals surface area contributed by atoms with E-state index in [9.17, 15) is 4.79 Å². The Bertz CT molecular complexity index is 538. The smallest absolute Gasteiger partial charge is 0.223 e. The van der Waals surface area contributed by atoms with E-state index in [0.29, 0.717) is 25.2 Å². The van der Waals surface area contributed by atoms with E-state index >= 15 is 0 Å². The van der Waals surface area contributed by atoms with E-state index in [1.807, 2.05) is 11.4 Å². The lowest BCUT2D eigenvalue weighted by Crippen LogP contribution is -2.13. The second kappa shape index (κ2) is 4.96. The number of nitrogens with two attached hydrogens (primary N) is 2. The second-order valence-electron chi connectivity index (χ2n) is 3.57. The molecule has 0 aliphatic heterocycles. The number of hydrogen-bond donors (Lipinski definition) is 3. The van der Waals surface area contributed by atoms with E-state index in [2.05, 4.69) is 15.3 Å². The van der Waals surface area contributed by atoms with Crippen LogP contribution in [0.3, 0.4) is 0 Å². The SMILES string of the molecule is NC(=O)CCCNc1nc(N)nc2sccc12. The van der Waals surface area contributed by atoms with Gasteiger partial charge in [0.2, 0.25) is 11.9 Å². The van der Waals surface area contributed by atoms with Crippen LogP contribution in [0.1, 0.15) is 12.8 Å². The van der Waals surface area contributed by atoms with Crippen molar-refractivity contribution in [3.05, 3.63) is 11.4 Å². The third-order valence-corrected chi connectivity index (χ3v) is 3.04. The molecule has 2 aromatic heterocycles. The first-order chi connectivity index (χ1) is 8.16. The molecule has 7 heteroatoms. The summed E-state index contributed by atoms with van der Waals surface area (Å²) in [5.74, 6) is 0.658. The van der Waals surface area contributed by atoms with Crippen LogP contribution in [0.5, 0.6) is 0 Å². The zero-order chi connectivity index (χ0) is 12.3. The van der Waals surface area contributed by atoms with Crippen molar-refractivity contribution in [2.24, 2.45) is 5.73 Å². The zero-order valence-electron chi connectivity index (χ0n) is 9.14. The second-order valence-corrected chi connectivity index (χ2v) is 4.46. The molecule has 0 fully saturated rings. The van der Waals surface area contributed by atoms with E-state index in [1.165, 1.54) is 11.3 Å². The van der Waals surface area contributed by atoms with Crippen molar-refractivity contribution in [3.8, 4) is 0 Å². The Kier molecular flexibility index (Phi) is 3.38. The van der Waals surface area contributed by atoms with E-state index in [1.54, 1.807) is 0 Å². The number of anilines is 2. The van der Waals surface area contributed by atoms with Crippen LogP contribution in [0, 0.1) is 0 Å². The largest absolute Gasteiger partial charge is 0.370 e. The number of carbonyl (C=O) groups excluding carboxylic acids is 1. The van der Waals surface area contributed by atoms with Gasteiger partial charge in [-0.05, 0) is 17.9 Å². The highest BCUT2D eigenvalue weighted by molar-refractivity contribution is 7.16. The maximum atomic E-state index is 10.6. The number of carbonyl (C=O) groups is 1. The summed E-state index contributed by atoms with van der Waals surface area (Å²) in [6, 6.07) is 1.94. The van der Waals surface area contributed by atoms with Gasteiger partial charge in [0, 0.05) is 13.0 Å². The minimum absolute atomic E-state index is 0.248. The molecule has 2 rings (SSSR count). The van der Waals surface area contributed by atoms with Crippen LogP contribution < -0.4 is 16.8 Å². The fourth-order valence-corrected chi connectivity index (χ4v) is 2.25. The molecule has 0 aromatic carbocycles. The number of aromatic nitrogens is 2. The van der Waals surface area contributed by atoms with Crippen molar-refractivity contribution in [2.45, 2.75) is 12.8 Å². The van der Waals surface area contributed by atoms with Gasteiger partial charge in [0.05, 0.1) is 5.39 Å². The summed E-state index contributed by atoms with van der Waals surface area (Å²) < 4.78 is 0. The summed E-state index contributed by atoms with van der Waals surface area (Å²) in [6.07, 6.45) is 1.03. The third kappa shape index (κ3) is 2.82. The molecule has 6 nitrogen and oxygen atoms in total. The van der Waals surface area contributed by atoms with Gasteiger partial charge in [-0.3, -0.25) is 4.79 Å². The normalized spacial score (nSPS) is 10.6. The summed E-state index contributed by atoms with van der Waals surface area (Å²) in [5, 5.41) is 6.02. The van der Waals surface area contributed by atoms with Crippen LogP contribution in [0.2, 0.25) is 0 Å². The number of hydrogen-bond acceptors (Lipinski definition) is 6. The Morgan fingerprint density at radius 3 is 3.06 bits per heavy atom. The van der Waals surface area contributed by atoms with Gasteiger partial charge in [-0.1, -0.05) is 0 Å². The van der Waals surface area contributed by atoms with Gasteiger partial charge in [0.15, 0.2) is 0 Å². The van der Waals surface area contributed by atoms with E-state index in [0.717, 1.165) is 10.2 Å². The van der Waals surface area contributed by atoms with Crippen molar-refractivity contribution in [3.63, 3.8) is 0 Å². The highest BCUT2D eigenvalue weighted by Gasteiger charge is 2.06. The maximum absolute atomic E-state index is 10.6. The zero-order valence-corrected chi connectivity index (χ0v) is 9.96. The van der Waals surface area contributed by atoms with Crippen LogP contribution in [0.4, 0.5) is 11.8 Å². The Morgan fingerprint density at radius 2 is 2.29 bits per heavy atom. The third-order valence-electron chi connectivity index (χ3n) is 2.23. The topological polar surface area (TPSA) is 107 Å². The molecule has 0 unspecified atom stereocenters. The first kappa shape index (κ1) is 11.6. The van der Waals surface area contributed by atoms with Crippen molar-refractivity contribution >= 4 is 39.2 Å². The van der Waals surface area contributed by atoms with Crippen molar-refractivity contribution in [1.29, 1.82) is 0 Å². The van der Waals surface area contributed by atoms with Crippen LogP contribution in [-0.4, -0.2) is 22.4 Å². The highest BCUT2D eigenvalue weighted by Crippen LogP contribution is 2.25. The molecule has 0 aliphatic carbocycles. The van der Waals surface area contributed by atoms with Gasteiger partial charge in [0.25, 0.3) is 0 Å². The molecule has 2 aromatic rings. The van der Waals surface area contributed by atoms with E-state index < -0.39 is 0 Å². The molecule has 0 atom stereocenters. The van der Waals surface area contributed by atoms with Gasteiger partial charge >= 0.3 is 0 Å². The Morgan fingerprint density at radius 1 is 1.47 bits per heavy atom. The van der Waals surface area contributed by atoms with Gasteiger partial charge in [-0.15, -0.1) is 11.3 Å². The number of fused-ring (bicyclic) bond motifs is 1. The Balaban J connectivity index is 2.07. The van der Waals surface area contributed by atoms with Crippen molar-refractivity contribution in [1.82, 2.24) is 9.97 Å². The quantitative estimate of drug-likeness (QED) is 0.686. The molecule has 0 saturated carbocycles. The monoisotopic (exact) mass is 251 g/mol. The molecule has 0 radical (unpaired) electrons. The predicted molar refractivity (Wildman–Crippen MR) is 68.7 cm³/mol. The first-order valence-corrected chi connectivity index (χ1v) is 6.07. The maximum Gasteiger partial charge on any atom is 0.223 e. The van der Waals surface area contributed by atoms with Crippen LogP contribution in [0.25, 0.3) is 10.2 Å². The van der Waals surface area contributed by atoms with Gasteiger partial charge in [0.1, 0.15) is 10.6 Å². The fourth-order valence-electron chi connectivity index (χ4n) is 1.48. The number of amides is 1. The summed E-state index contributed by atoms with van der Waals surface area (Å²) >= 11 is 1.51. The number of primary amides is 1. The average molecular weight is 251 g/mol. The van der Waals surface area contributed by atoms with Gasteiger partial charge < -0.3 is 16.8 Å². The first-order valence-electron chi connectivity index (χ1n) is 5.19. The standard InChI is InChI=1S/C10H13N5OS/c11-7(16)2-1-4-13-8-6-3-5-17-9(6)15-10(12)14-8/h3,5H,1-2,4H2,(H2,11,16)(H3,12,13,14,15). The minimum atomic E-state index is -0.297. The van der Waals surface area contributed by atoms with Gasteiger partial charge in [-0.25, -0.2) is 4.98 Å². The molecule has 0 aliphatic rings. The highest BCUT2D eigenvalue weighted by atomic mass is 32.1. The molecule has 0 saturated heterocycles. The number of nitrogens with one attached hydrogen (secondary N) is 1. The van der Waals surface area contributed by atoms with Gasteiger partial charge in [-0.2, -0.15) is 4.98 Å². The van der Waals surface area contributed by atoms with Crippen LogP contribution in [0.15, 0.2) is 11.4 Å². The molecule has 5 N–H and O–H groups in total. The summed E-state index contributed by atoms with van der Waals surface area (Å²) in [6.45, 7) is 0.629. The summed E-state index contributed by atoms with van der Waals surface area (Å²) in [4.78, 5) is 19.7. The number of thiophene rings is 1. The Hall–Kier alpha value is -1.89. The minimum Gasteiger partial charge on any atom is -0.370 e. The lowest BCUT2D eigenvalue weighted by Gasteiger charge is -2.06. The molecule has 0 bridgehead atoms. The van der Waals surface area contributed by atoms with E-state index in [4.69, 9.17) is 11.5 Å². The molecule has 17 heavy (non-hydrogen) atoms. The lowest BCUT2D eigenvalue weighted by molar-refractivity contribution is -0.118. The fraction of sp³-hybridized carbons (Fsp3) is 0.300. The summed E-state index contributed by atoms with van der Waals surface area (Å²) in [5.41, 5.74) is 10.7. The molecule has 90 valence electrons. The molecular formula is C10H13N5OS. The molecule has 2 heterocycles. The van der Waals surface area contributed by atoms with E-state index in [-0.39, 0.29) is 11.9 Å². The Labute approximate surface area is 102 Å². The molecule has 0 spiro atoms. The van der Waals surface area contributed by atoms with Crippen molar-refractivity contribution < 1.29 is 4.79 Å². The van der Waals surface area contributed by atoms with Crippen LogP contribution in [-0.2, 0) is 4.79 Å². The van der Waals surface area contributed by atoms with Crippen molar-refractivity contribution in [2.75, 3.05) is 17.6 Å². The number of nitrogens with zero attached hydrogens (tertiary/aromatic N) is 2. The lowest BCUT2D eigenvalue weighted by atomic mass is 10.3.